The fraction of sp³-hybridized carbons (Fsp3) is 0.500. The molecule has 0 spiro atoms. The maximum absolute atomic E-state index is 12.5. The number of hydrogen-bond donors (Lipinski definition) is 0. The minimum atomic E-state index is -0.523. The molecule has 6 heteroatoms. The number of nitrogens with zero attached hydrogens (tertiary/aromatic N) is 2. The Hall–Kier alpha value is -1.62. The molecule has 1 aliphatic heterocycles. The summed E-state index contributed by atoms with van der Waals surface area (Å²) in [4.78, 5) is 24.4. The molecular weight excluding hydrogens is 280 g/mol. The van der Waals surface area contributed by atoms with Crippen LogP contribution in [-0.2, 0) is 0 Å². The van der Waals surface area contributed by atoms with Crippen LogP contribution in [-0.4, -0.2) is 28.8 Å². The molecule has 1 aromatic rings. The van der Waals surface area contributed by atoms with Crippen LogP contribution in [0.15, 0.2) is 18.2 Å². The van der Waals surface area contributed by atoms with Gasteiger partial charge in [-0.25, -0.2) is 0 Å². The van der Waals surface area contributed by atoms with Crippen LogP contribution in [0.25, 0.3) is 0 Å². The van der Waals surface area contributed by atoms with E-state index in [-0.39, 0.29) is 16.6 Å². The monoisotopic (exact) mass is 296 g/mol. The summed E-state index contributed by atoms with van der Waals surface area (Å²) in [6.07, 6.45) is 1.11. The fourth-order valence-electron chi connectivity index (χ4n) is 2.79. The largest absolute Gasteiger partial charge is 0.338 e. The van der Waals surface area contributed by atoms with Gasteiger partial charge in [0.05, 0.1) is 15.5 Å². The quantitative estimate of drug-likeness (QED) is 0.621. The SMILES string of the molecule is C[C@@H]1C[C@H](C)CN(C(=O)c2ccc([N+](=O)[O-])cc2Cl)C1. The fourth-order valence-corrected chi connectivity index (χ4v) is 3.05. The summed E-state index contributed by atoms with van der Waals surface area (Å²) >= 11 is 6.01. The van der Waals surface area contributed by atoms with E-state index < -0.39 is 4.92 Å². The highest BCUT2D eigenvalue weighted by molar-refractivity contribution is 6.34. The van der Waals surface area contributed by atoms with E-state index in [9.17, 15) is 14.9 Å². The maximum atomic E-state index is 12.5. The van der Waals surface area contributed by atoms with Crippen LogP contribution in [0.2, 0.25) is 5.02 Å². The van der Waals surface area contributed by atoms with Gasteiger partial charge in [-0.15, -0.1) is 0 Å². The zero-order chi connectivity index (χ0) is 14.9. The van der Waals surface area contributed by atoms with E-state index in [2.05, 4.69) is 13.8 Å². The van der Waals surface area contributed by atoms with Crippen molar-refractivity contribution in [3.63, 3.8) is 0 Å². The Bertz CT molecular complexity index is 537. The van der Waals surface area contributed by atoms with Crippen molar-refractivity contribution in [3.05, 3.63) is 38.9 Å². The molecule has 5 nitrogen and oxygen atoms in total. The predicted molar refractivity (Wildman–Crippen MR) is 77.0 cm³/mol. The molecule has 1 aliphatic rings. The van der Waals surface area contributed by atoms with E-state index in [0.29, 0.717) is 30.5 Å². The number of carbonyl (C=O) groups is 1. The minimum absolute atomic E-state index is 0.105. The van der Waals surface area contributed by atoms with Crippen molar-refractivity contribution in [1.29, 1.82) is 0 Å². The number of non-ortho nitro benzene ring substituents is 1. The number of amides is 1. The normalized spacial score (nSPS) is 22.6. The molecule has 0 unspecified atom stereocenters. The number of halogens is 1. The van der Waals surface area contributed by atoms with Gasteiger partial charge in [0, 0.05) is 25.2 Å². The van der Waals surface area contributed by atoms with Gasteiger partial charge in [-0.05, 0) is 24.3 Å². The third-order valence-corrected chi connectivity index (χ3v) is 3.86. The molecular formula is C14H17ClN2O3. The summed E-state index contributed by atoms with van der Waals surface area (Å²) in [5, 5.41) is 10.8. The molecule has 2 rings (SSSR count). The van der Waals surface area contributed by atoms with Crippen LogP contribution in [0, 0.1) is 22.0 Å². The predicted octanol–water partition coefficient (Wildman–Crippen LogP) is 3.37. The first-order valence-electron chi connectivity index (χ1n) is 6.61. The summed E-state index contributed by atoms with van der Waals surface area (Å²) in [6.45, 7) is 5.65. The number of piperidine rings is 1. The molecule has 0 aromatic heterocycles. The number of carbonyl (C=O) groups excluding carboxylic acids is 1. The smallest absolute Gasteiger partial charge is 0.270 e. The molecule has 1 aromatic carbocycles. The molecule has 108 valence electrons. The second-order valence-electron chi connectivity index (χ2n) is 5.58. The summed E-state index contributed by atoms with van der Waals surface area (Å²) in [6, 6.07) is 3.98. The minimum Gasteiger partial charge on any atom is -0.338 e. The highest BCUT2D eigenvalue weighted by Gasteiger charge is 2.27. The van der Waals surface area contributed by atoms with Gasteiger partial charge in [-0.1, -0.05) is 25.4 Å². The van der Waals surface area contributed by atoms with Crippen LogP contribution in [0.5, 0.6) is 0 Å². The van der Waals surface area contributed by atoms with Gasteiger partial charge in [0.15, 0.2) is 0 Å². The average Bonchev–Trinajstić information content (AvgIpc) is 2.36. The van der Waals surface area contributed by atoms with E-state index in [4.69, 9.17) is 11.6 Å². The number of hydrogen-bond acceptors (Lipinski definition) is 3. The van der Waals surface area contributed by atoms with Crippen molar-refractivity contribution in [2.24, 2.45) is 11.8 Å². The maximum Gasteiger partial charge on any atom is 0.270 e. The second kappa shape index (κ2) is 5.79. The Morgan fingerprint density at radius 2 is 1.95 bits per heavy atom. The van der Waals surface area contributed by atoms with Crippen LogP contribution < -0.4 is 0 Å². The molecule has 20 heavy (non-hydrogen) atoms. The highest BCUT2D eigenvalue weighted by Crippen LogP contribution is 2.27. The van der Waals surface area contributed by atoms with Crippen molar-refractivity contribution in [1.82, 2.24) is 4.90 Å². The van der Waals surface area contributed by atoms with E-state index in [1.807, 2.05) is 0 Å². The molecule has 0 radical (unpaired) electrons. The number of nitro groups is 1. The van der Waals surface area contributed by atoms with E-state index in [1.165, 1.54) is 18.2 Å². The number of nitro benzene ring substituents is 1. The summed E-state index contributed by atoms with van der Waals surface area (Å²) in [5.74, 6) is 0.766. The standard InChI is InChI=1S/C14H17ClN2O3/c1-9-5-10(2)8-16(7-9)14(18)12-4-3-11(17(19)20)6-13(12)15/h3-4,6,9-10H,5,7-8H2,1-2H3/t9-,10+. The molecule has 1 saturated heterocycles. The Kier molecular flexibility index (Phi) is 4.28. The Labute approximate surface area is 122 Å². The summed E-state index contributed by atoms with van der Waals surface area (Å²) < 4.78 is 0. The molecule has 0 bridgehead atoms. The van der Waals surface area contributed by atoms with Gasteiger partial charge in [0.1, 0.15) is 0 Å². The van der Waals surface area contributed by atoms with Crippen LogP contribution in [0.3, 0.4) is 0 Å². The third kappa shape index (κ3) is 3.10. The Balaban J connectivity index is 2.23. The first-order valence-corrected chi connectivity index (χ1v) is 6.99. The summed E-state index contributed by atoms with van der Waals surface area (Å²) in [7, 11) is 0. The van der Waals surface area contributed by atoms with Crippen molar-refractivity contribution < 1.29 is 9.72 Å². The topological polar surface area (TPSA) is 63.5 Å². The van der Waals surface area contributed by atoms with Gasteiger partial charge in [0.25, 0.3) is 11.6 Å². The summed E-state index contributed by atoms with van der Waals surface area (Å²) in [5.41, 5.74) is 0.227. The van der Waals surface area contributed by atoms with Gasteiger partial charge in [-0.2, -0.15) is 0 Å². The van der Waals surface area contributed by atoms with Crippen molar-refractivity contribution in [2.75, 3.05) is 13.1 Å². The first-order chi connectivity index (χ1) is 9.38. The van der Waals surface area contributed by atoms with E-state index >= 15 is 0 Å². The van der Waals surface area contributed by atoms with Crippen molar-refractivity contribution >= 4 is 23.2 Å². The van der Waals surface area contributed by atoms with E-state index in [1.54, 1.807) is 4.90 Å². The zero-order valence-electron chi connectivity index (χ0n) is 11.5. The Morgan fingerprint density at radius 3 is 2.45 bits per heavy atom. The lowest BCUT2D eigenvalue weighted by atomic mass is 9.91. The Morgan fingerprint density at radius 1 is 1.35 bits per heavy atom. The molecule has 1 fully saturated rings. The van der Waals surface area contributed by atoms with Gasteiger partial charge in [0.2, 0.25) is 0 Å². The number of benzene rings is 1. The van der Waals surface area contributed by atoms with Crippen molar-refractivity contribution in [2.45, 2.75) is 20.3 Å². The molecule has 0 aliphatic carbocycles. The number of likely N-dealkylation sites (tertiary alicyclic amines) is 1. The zero-order valence-corrected chi connectivity index (χ0v) is 12.3. The molecule has 0 N–H and O–H groups in total. The third-order valence-electron chi connectivity index (χ3n) is 3.55. The van der Waals surface area contributed by atoms with Gasteiger partial charge >= 0.3 is 0 Å². The van der Waals surface area contributed by atoms with Crippen LogP contribution in [0.4, 0.5) is 5.69 Å². The lowest BCUT2D eigenvalue weighted by Crippen LogP contribution is -2.42. The van der Waals surface area contributed by atoms with Gasteiger partial charge < -0.3 is 4.90 Å². The molecule has 2 atom stereocenters. The number of rotatable bonds is 2. The lowest BCUT2D eigenvalue weighted by Gasteiger charge is -2.35. The van der Waals surface area contributed by atoms with Crippen molar-refractivity contribution in [3.8, 4) is 0 Å². The average molecular weight is 297 g/mol. The van der Waals surface area contributed by atoms with Crippen LogP contribution in [0.1, 0.15) is 30.6 Å². The second-order valence-corrected chi connectivity index (χ2v) is 5.98. The van der Waals surface area contributed by atoms with E-state index in [0.717, 1.165) is 6.42 Å². The molecule has 1 heterocycles. The molecule has 1 amide bonds. The highest BCUT2D eigenvalue weighted by atomic mass is 35.5. The van der Waals surface area contributed by atoms with Gasteiger partial charge in [-0.3, -0.25) is 14.9 Å². The molecule has 0 saturated carbocycles. The van der Waals surface area contributed by atoms with Crippen LogP contribution >= 0.6 is 11.6 Å². The lowest BCUT2D eigenvalue weighted by molar-refractivity contribution is -0.384. The first kappa shape index (κ1) is 14.8.